The number of halogens is 1. The molecule has 5 nitrogen and oxygen atoms in total. The number of fused-ring (bicyclic) bond motifs is 1. The molecule has 4 aromatic rings. The molecule has 1 aliphatic carbocycles. The molecule has 0 spiro atoms. The first-order valence-electron chi connectivity index (χ1n) is 13.3. The van der Waals surface area contributed by atoms with Crippen LogP contribution in [0.25, 0.3) is 0 Å². The minimum atomic E-state index is -0.183. The zero-order valence-electron chi connectivity index (χ0n) is 21.2. The molecule has 1 amide bonds. The number of benzene rings is 3. The van der Waals surface area contributed by atoms with E-state index in [1.807, 2.05) is 36.4 Å². The van der Waals surface area contributed by atoms with E-state index in [1.54, 1.807) is 18.2 Å². The van der Waals surface area contributed by atoms with E-state index in [1.165, 1.54) is 24.5 Å². The Hall–Kier alpha value is -3.90. The highest BCUT2D eigenvalue weighted by Crippen LogP contribution is 2.38. The smallest absolute Gasteiger partial charge is 0.287 e. The molecule has 1 aliphatic heterocycles. The molecule has 1 N–H and O–H groups in total. The molecule has 1 unspecified atom stereocenters. The molecule has 6 rings (SSSR count). The minimum absolute atomic E-state index is 0.0199. The number of carbonyl (C=O) groups excluding carboxylic acids is 1. The van der Waals surface area contributed by atoms with Crippen LogP contribution in [-0.2, 0) is 19.6 Å². The second-order valence-corrected chi connectivity index (χ2v) is 10.2. The summed E-state index contributed by atoms with van der Waals surface area (Å²) in [5.41, 5.74) is 4.29. The lowest BCUT2D eigenvalue weighted by atomic mass is 9.87. The monoisotopic (exact) mass is 510 g/mol. The van der Waals surface area contributed by atoms with Crippen LogP contribution in [0.15, 0.2) is 89.3 Å². The van der Waals surface area contributed by atoms with Crippen LogP contribution in [0.4, 0.5) is 4.39 Å². The van der Waals surface area contributed by atoms with E-state index in [0.29, 0.717) is 36.1 Å². The summed E-state index contributed by atoms with van der Waals surface area (Å²) in [7, 11) is 0. The van der Waals surface area contributed by atoms with Gasteiger partial charge >= 0.3 is 0 Å². The number of rotatable bonds is 9. The molecular weight excluding hydrogens is 479 g/mol. The van der Waals surface area contributed by atoms with Gasteiger partial charge in [-0.1, -0.05) is 54.6 Å². The Balaban J connectivity index is 1.20. The summed E-state index contributed by atoms with van der Waals surface area (Å²) in [5, 5.41) is 2.93. The summed E-state index contributed by atoms with van der Waals surface area (Å²) in [6.45, 7) is 2.29. The zero-order valence-corrected chi connectivity index (χ0v) is 21.2. The molecule has 1 fully saturated rings. The van der Waals surface area contributed by atoms with Crippen LogP contribution in [0.5, 0.6) is 5.75 Å². The molecule has 1 saturated carbocycles. The van der Waals surface area contributed by atoms with Crippen molar-refractivity contribution in [3.63, 3.8) is 0 Å². The van der Waals surface area contributed by atoms with Crippen molar-refractivity contribution in [2.24, 2.45) is 5.92 Å². The Morgan fingerprint density at radius 1 is 1.00 bits per heavy atom. The minimum Gasteiger partial charge on any atom is -0.486 e. The molecule has 2 aliphatic rings. The molecule has 1 atom stereocenters. The Labute approximate surface area is 222 Å². The van der Waals surface area contributed by atoms with Crippen molar-refractivity contribution in [3.05, 3.63) is 125 Å². The number of amides is 1. The van der Waals surface area contributed by atoms with E-state index in [0.717, 1.165) is 29.8 Å². The van der Waals surface area contributed by atoms with E-state index in [2.05, 4.69) is 34.5 Å². The molecule has 6 heteroatoms. The molecule has 3 aromatic carbocycles. The average molecular weight is 511 g/mol. The van der Waals surface area contributed by atoms with Crippen LogP contribution in [-0.4, -0.2) is 23.9 Å². The number of nitrogens with zero attached hydrogens (tertiary/aromatic N) is 1. The Morgan fingerprint density at radius 2 is 1.82 bits per heavy atom. The Kier molecular flexibility index (Phi) is 6.97. The normalized spacial score (nSPS) is 17.1. The summed E-state index contributed by atoms with van der Waals surface area (Å²) >= 11 is 0. The summed E-state index contributed by atoms with van der Waals surface area (Å²) < 4.78 is 26.4. The van der Waals surface area contributed by atoms with Crippen molar-refractivity contribution in [2.45, 2.75) is 38.5 Å². The third kappa shape index (κ3) is 5.50. The molecule has 0 radical (unpaired) electrons. The van der Waals surface area contributed by atoms with Gasteiger partial charge in [0.15, 0.2) is 5.76 Å². The quantitative estimate of drug-likeness (QED) is 0.288. The lowest BCUT2D eigenvalue weighted by Crippen LogP contribution is -2.36. The van der Waals surface area contributed by atoms with Crippen molar-refractivity contribution in [1.29, 1.82) is 0 Å². The second kappa shape index (κ2) is 10.8. The predicted octanol–water partition coefficient (Wildman–Crippen LogP) is 6.29. The van der Waals surface area contributed by atoms with Crippen molar-refractivity contribution < 1.29 is 18.3 Å². The van der Waals surface area contributed by atoms with Gasteiger partial charge in [0.05, 0.1) is 6.04 Å². The van der Waals surface area contributed by atoms with E-state index in [9.17, 15) is 9.18 Å². The topological polar surface area (TPSA) is 54.7 Å². The summed E-state index contributed by atoms with van der Waals surface area (Å²) in [5.74, 6) is 1.89. The van der Waals surface area contributed by atoms with E-state index in [4.69, 9.17) is 9.15 Å². The molecule has 1 aromatic heterocycles. The molecule has 0 bridgehead atoms. The molecule has 38 heavy (non-hydrogen) atoms. The number of nitrogens with one attached hydrogen (secondary N) is 1. The summed E-state index contributed by atoms with van der Waals surface area (Å²) in [6, 6.07) is 27.0. The number of hydrogen-bond donors (Lipinski definition) is 1. The standard InChI is InChI=1S/C32H31FN2O3/c33-29-9-5-4-8-25(29)20-35-17-16-23-12-13-26(18-28(23)31(35)24-6-2-1-3-7-24)37-21-27-14-15-30(38-27)32(36)34-19-22-10-11-22/h1-9,12-15,18,22,31H,10-11,16-17,19-21H2,(H,34,36). The molecule has 0 saturated heterocycles. The average Bonchev–Trinajstić information content (AvgIpc) is 3.66. The molecule has 2 heterocycles. The van der Waals surface area contributed by atoms with Gasteiger partial charge in [-0.25, -0.2) is 4.39 Å². The van der Waals surface area contributed by atoms with Gasteiger partial charge in [0.25, 0.3) is 5.91 Å². The zero-order chi connectivity index (χ0) is 25.9. The first kappa shape index (κ1) is 24.4. The van der Waals surface area contributed by atoms with Crippen LogP contribution in [0.3, 0.4) is 0 Å². The highest BCUT2D eigenvalue weighted by molar-refractivity contribution is 5.91. The maximum absolute atomic E-state index is 14.5. The van der Waals surface area contributed by atoms with Crippen LogP contribution in [0.2, 0.25) is 0 Å². The largest absolute Gasteiger partial charge is 0.486 e. The lowest BCUT2D eigenvalue weighted by molar-refractivity contribution is 0.0920. The van der Waals surface area contributed by atoms with Gasteiger partial charge in [0.1, 0.15) is 23.9 Å². The van der Waals surface area contributed by atoms with E-state index in [-0.39, 0.29) is 24.4 Å². The van der Waals surface area contributed by atoms with Crippen LogP contribution < -0.4 is 10.1 Å². The summed E-state index contributed by atoms with van der Waals surface area (Å²) in [4.78, 5) is 14.6. The van der Waals surface area contributed by atoms with Crippen molar-refractivity contribution in [2.75, 3.05) is 13.1 Å². The fourth-order valence-electron chi connectivity index (χ4n) is 5.15. The van der Waals surface area contributed by atoms with E-state index < -0.39 is 0 Å². The highest BCUT2D eigenvalue weighted by Gasteiger charge is 2.30. The Morgan fingerprint density at radius 3 is 2.63 bits per heavy atom. The van der Waals surface area contributed by atoms with Crippen molar-refractivity contribution in [3.8, 4) is 5.75 Å². The summed E-state index contributed by atoms with van der Waals surface area (Å²) in [6.07, 6.45) is 3.25. The predicted molar refractivity (Wildman–Crippen MR) is 143 cm³/mol. The first-order valence-corrected chi connectivity index (χ1v) is 13.3. The highest BCUT2D eigenvalue weighted by atomic mass is 19.1. The number of hydrogen-bond acceptors (Lipinski definition) is 4. The van der Waals surface area contributed by atoms with Crippen LogP contribution in [0.1, 0.15) is 57.5 Å². The van der Waals surface area contributed by atoms with Gasteiger partial charge in [-0.2, -0.15) is 0 Å². The van der Waals surface area contributed by atoms with Gasteiger partial charge < -0.3 is 14.5 Å². The van der Waals surface area contributed by atoms with Gasteiger partial charge in [0, 0.05) is 25.2 Å². The van der Waals surface area contributed by atoms with Gasteiger partial charge in [0.2, 0.25) is 0 Å². The third-order valence-electron chi connectivity index (χ3n) is 7.41. The van der Waals surface area contributed by atoms with E-state index >= 15 is 0 Å². The van der Waals surface area contributed by atoms with Crippen molar-refractivity contribution >= 4 is 5.91 Å². The maximum atomic E-state index is 14.5. The van der Waals surface area contributed by atoms with Gasteiger partial charge in [-0.15, -0.1) is 0 Å². The maximum Gasteiger partial charge on any atom is 0.287 e. The third-order valence-corrected chi connectivity index (χ3v) is 7.41. The fourth-order valence-corrected chi connectivity index (χ4v) is 5.15. The number of furan rings is 1. The van der Waals surface area contributed by atoms with Crippen LogP contribution >= 0.6 is 0 Å². The lowest BCUT2D eigenvalue weighted by Gasteiger charge is -2.38. The number of carbonyl (C=O) groups is 1. The Bertz CT molecular complexity index is 1410. The molecule has 194 valence electrons. The van der Waals surface area contributed by atoms with Gasteiger partial charge in [-0.3, -0.25) is 9.69 Å². The fraction of sp³-hybridized carbons (Fsp3) is 0.281. The van der Waals surface area contributed by atoms with Crippen LogP contribution in [0, 0.1) is 11.7 Å². The molecular formula is C32H31FN2O3. The van der Waals surface area contributed by atoms with Crippen molar-refractivity contribution in [1.82, 2.24) is 10.2 Å². The SMILES string of the molecule is O=C(NCC1CC1)c1ccc(COc2ccc3c(c2)C(c2ccccc2)N(Cc2ccccc2F)CC3)o1. The number of ether oxygens (including phenoxy) is 1. The second-order valence-electron chi connectivity index (χ2n) is 10.2. The first-order chi connectivity index (χ1) is 18.6. The van der Waals surface area contributed by atoms with Gasteiger partial charge in [-0.05, 0) is 72.2 Å².